The number of nitrogens with one attached hydrogen (secondary N) is 1. The van der Waals surface area contributed by atoms with Crippen molar-refractivity contribution in [2.24, 2.45) is 5.92 Å². The van der Waals surface area contributed by atoms with Crippen molar-refractivity contribution in [2.45, 2.75) is 57.0 Å². The van der Waals surface area contributed by atoms with Crippen LogP contribution < -0.4 is 19.5 Å². The van der Waals surface area contributed by atoms with Gasteiger partial charge in [-0.1, -0.05) is 38.1 Å². The summed E-state index contributed by atoms with van der Waals surface area (Å²) in [5, 5.41) is 3.13. The molecule has 2 aliphatic carbocycles. The van der Waals surface area contributed by atoms with Crippen LogP contribution in [0.5, 0.6) is 17.2 Å². The zero-order valence-corrected chi connectivity index (χ0v) is 19.3. The molecule has 2 aromatic rings. The largest absolute Gasteiger partial charge is 0.493 e. The van der Waals surface area contributed by atoms with E-state index in [1.807, 2.05) is 38.1 Å². The molecule has 2 aliphatic heterocycles. The van der Waals surface area contributed by atoms with Crippen molar-refractivity contribution in [3.63, 3.8) is 0 Å². The fourth-order valence-electron chi connectivity index (χ4n) is 5.84. The number of hydrogen-bond acceptors (Lipinski definition) is 6. The molecule has 7 heteroatoms. The van der Waals surface area contributed by atoms with Crippen LogP contribution in [0.25, 0.3) is 0 Å². The number of hydrogen-bond donors (Lipinski definition) is 1. The SMILES string of the molecule is CC.COc1ccc2c3c1O[C@H]1C3C(CCC13OCCO3)C(NC(=O)Oc1ccccc1)C2. The Morgan fingerprint density at radius 2 is 1.85 bits per heavy atom. The van der Waals surface area contributed by atoms with Gasteiger partial charge in [0.05, 0.1) is 20.3 Å². The van der Waals surface area contributed by atoms with Gasteiger partial charge in [0.15, 0.2) is 17.6 Å². The number of benzene rings is 2. The normalized spacial score (nSPS) is 27.6. The molecular weight excluding hydrogens is 422 g/mol. The Labute approximate surface area is 194 Å². The minimum atomic E-state index is -0.727. The number of methoxy groups -OCH3 is 1. The highest BCUT2D eigenvalue weighted by Crippen LogP contribution is 2.60. The van der Waals surface area contributed by atoms with Crippen molar-refractivity contribution in [1.29, 1.82) is 0 Å². The Morgan fingerprint density at radius 1 is 1.09 bits per heavy atom. The second-order valence-corrected chi connectivity index (χ2v) is 8.60. The molecule has 4 aliphatic rings. The van der Waals surface area contributed by atoms with Crippen LogP contribution in [0.3, 0.4) is 0 Å². The van der Waals surface area contributed by atoms with E-state index in [9.17, 15) is 4.79 Å². The first-order valence-electron chi connectivity index (χ1n) is 11.9. The molecule has 0 bridgehead atoms. The molecule has 176 valence electrons. The second-order valence-electron chi connectivity index (χ2n) is 8.60. The Hall–Kier alpha value is -2.77. The van der Waals surface area contributed by atoms with Crippen LogP contribution in [0.4, 0.5) is 4.79 Å². The summed E-state index contributed by atoms with van der Waals surface area (Å²) in [6, 6.07) is 13.1. The predicted molar refractivity (Wildman–Crippen MR) is 122 cm³/mol. The van der Waals surface area contributed by atoms with Gasteiger partial charge in [0.1, 0.15) is 5.75 Å². The lowest BCUT2D eigenvalue weighted by Gasteiger charge is -2.47. The van der Waals surface area contributed by atoms with Crippen molar-refractivity contribution >= 4 is 6.09 Å². The summed E-state index contributed by atoms with van der Waals surface area (Å²) < 4.78 is 29.8. The van der Waals surface area contributed by atoms with Gasteiger partial charge in [-0.05, 0) is 42.5 Å². The number of para-hydroxylation sites is 1. The molecular formula is C26H31NO6. The average Bonchev–Trinajstić information content (AvgIpc) is 3.48. The lowest BCUT2D eigenvalue weighted by Crippen LogP contribution is -2.58. The van der Waals surface area contributed by atoms with Gasteiger partial charge in [0, 0.05) is 23.9 Å². The fourth-order valence-corrected chi connectivity index (χ4v) is 5.84. The van der Waals surface area contributed by atoms with E-state index in [2.05, 4.69) is 11.4 Å². The van der Waals surface area contributed by atoms with Gasteiger partial charge in [-0.25, -0.2) is 4.79 Å². The maximum Gasteiger partial charge on any atom is 0.412 e. The van der Waals surface area contributed by atoms with Crippen LogP contribution in [0, 0.1) is 5.92 Å². The summed E-state index contributed by atoms with van der Waals surface area (Å²) in [4.78, 5) is 12.7. The van der Waals surface area contributed by atoms with Crippen molar-refractivity contribution in [1.82, 2.24) is 5.32 Å². The molecule has 2 heterocycles. The van der Waals surface area contributed by atoms with E-state index in [1.54, 1.807) is 19.2 Å². The number of carbonyl (C=O) groups is 1. The van der Waals surface area contributed by atoms with E-state index < -0.39 is 11.9 Å². The highest BCUT2D eigenvalue weighted by atomic mass is 16.8. The lowest BCUT2D eigenvalue weighted by molar-refractivity contribution is -0.236. The Balaban J connectivity index is 0.00000111. The first-order valence-corrected chi connectivity index (χ1v) is 11.9. The lowest BCUT2D eigenvalue weighted by atomic mass is 9.63. The summed E-state index contributed by atoms with van der Waals surface area (Å²) in [7, 11) is 1.66. The van der Waals surface area contributed by atoms with Gasteiger partial charge in [-0.2, -0.15) is 0 Å². The van der Waals surface area contributed by atoms with Crippen molar-refractivity contribution < 1.29 is 28.5 Å². The molecule has 4 atom stereocenters. The molecule has 3 unspecified atom stereocenters. The quantitative estimate of drug-likeness (QED) is 0.741. The third-order valence-corrected chi connectivity index (χ3v) is 7.09. The minimum Gasteiger partial charge on any atom is -0.493 e. The number of rotatable bonds is 3. The molecule has 1 saturated carbocycles. The van der Waals surface area contributed by atoms with Crippen LogP contribution in [0.2, 0.25) is 0 Å². The highest BCUT2D eigenvalue weighted by Gasteiger charge is 2.62. The fraction of sp³-hybridized carbons (Fsp3) is 0.500. The Bertz CT molecular complexity index is 1000. The smallest absolute Gasteiger partial charge is 0.412 e. The molecule has 1 amide bonds. The first kappa shape index (κ1) is 22.0. The summed E-state index contributed by atoms with van der Waals surface area (Å²) >= 11 is 0. The zero-order chi connectivity index (χ0) is 23.0. The van der Waals surface area contributed by atoms with E-state index >= 15 is 0 Å². The molecule has 2 fully saturated rings. The maximum atomic E-state index is 12.7. The summed E-state index contributed by atoms with van der Waals surface area (Å²) in [6.45, 7) is 5.14. The standard InChI is InChI=1S/C24H25NO6.C2H6/c1-27-18-8-7-14-13-17(25-23(26)30-15-5-3-2-4-6-15)16-9-10-24(28-11-12-29-24)22-20(16)19(14)21(18)31-22;1-2/h2-8,16-17,20,22H,9-13H2,1H3,(H,25,26);1-2H3/t16?,17?,20?,22-;/m0./s1. The van der Waals surface area contributed by atoms with Crippen LogP contribution >= 0.6 is 0 Å². The van der Waals surface area contributed by atoms with Crippen molar-refractivity contribution in [3.05, 3.63) is 53.6 Å². The van der Waals surface area contributed by atoms with Gasteiger partial charge in [0.25, 0.3) is 0 Å². The van der Waals surface area contributed by atoms with E-state index in [0.717, 1.165) is 30.8 Å². The summed E-state index contributed by atoms with van der Waals surface area (Å²) in [5.74, 6) is 1.60. The number of carbonyl (C=O) groups excluding carboxylic acids is 1. The van der Waals surface area contributed by atoms with E-state index in [-0.39, 0.29) is 24.0 Å². The molecule has 1 spiro atoms. The van der Waals surface area contributed by atoms with Crippen LogP contribution in [-0.2, 0) is 15.9 Å². The molecule has 0 aromatic heterocycles. The highest BCUT2D eigenvalue weighted by molar-refractivity contribution is 5.71. The molecule has 1 saturated heterocycles. The minimum absolute atomic E-state index is 0.0575. The maximum absolute atomic E-state index is 12.7. The molecule has 1 N–H and O–H groups in total. The van der Waals surface area contributed by atoms with Crippen molar-refractivity contribution in [2.75, 3.05) is 20.3 Å². The number of ether oxygens (including phenoxy) is 5. The number of fused-ring (bicyclic) bond motifs is 1. The van der Waals surface area contributed by atoms with Crippen LogP contribution in [0.15, 0.2) is 42.5 Å². The van der Waals surface area contributed by atoms with Gasteiger partial charge in [0.2, 0.25) is 5.79 Å². The molecule has 2 aromatic carbocycles. The van der Waals surface area contributed by atoms with Gasteiger partial charge >= 0.3 is 6.09 Å². The summed E-state index contributed by atoms with van der Waals surface area (Å²) in [5.41, 5.74) is 2.35. The van der Waals surface area contributed by atoms with Crippen molar-refractivity contribution in [3.8, 4) is 17.2 Å². The third-order valence-electron chi connectivity index (χ3n) is 7.09. The topological polar surface area (TPSA) is 75.3 Å². The van der Waals surface area contributed by atoms with Crippen LogP contribution in [0.1, 0.15) is 43.7 Å². The number of amides is 1. The molecule has 0 radical (unpaired) electrons. The molecule has 33 heavy (non-hydrogen) atoms. The molecule has 7 nitrogen and oxygen atoms in total. The Kier molecular flexibility index (Phi) is 5.93. The third kappa shape index (κ3) is 3.63. The zero-order valence-electron chi connectivity index (χ0n) is 19.3. The van der Waals surface area contributed by atoms with E-state index in [4.69, 9.17) is 23.7 Å². The Morgan fingerprint density at radius 3 is 2.58 bits per heavy atom. The van der Waals surface area contributed by atoms with Gasteiger partial charge in [-0.15, -0.1) is 0 Å². The summed E-state index contributed by atoms with van der Waals surface area (Å²) in [6.07, 6.45) is 1.64. The van der Waals surface area contributed by atoms with Gasteiger partial charge in [-0.3, -0.25) is 0 Å². The monoisotopic (exact) mass is 453 g/mol. The first-order chi connectivity index (χ1) is 16.2. The average molecular weight is 454 g/mol. The predicted octanol–water partition coefficient (Wildman–Crippen LogP) is 4.43. The molecule has 6 rings (SSSR count). The van der Waals surface area contributed by atoms with Crippen LogP contribution in [-0.4, -0.2) is 44.3 Å². The van der Waals surface area contributed by atoms with Gasteiger partial charge < -0.3 is 29.0 Å². The second kappa shape index (κ2) is 8.88. The van der Waals surface area contributed by atoms with E-state index in [0.29, 0.717) is 19.0 Å². The van der Waals surface area contributed by atoms with E-state index in [1.165, 1.54) is 11.1 Å².